The van der Waals surface area contributed by atoms with Crippen LogP contribution in [0.4, 0.5) is 0 Å². The Morgan fingerprint density at radius 1 is 1.12 bits per heavy atom. The summed E-state index contributed by atoms with van der Waals surface area (Å²) in [5.74, 6) is 0.0500. The van der Waals surface area contributed by atoms with Gasteiger partial charge >= 0.3 is 0 Å². The Labute approximate surface area is 109 Å². The number of ketones is 1. The van der Waals surface area contributed by atoms with Crippen LogP contribution >= 0.6 is 23.2 Å². The lowest BCUT2D eigenvalue weighted by molar-refractivity contribution is 0.101. The number of aryl methyl sites for hydroxylation is 2. The van der Waals surface area contributed by atoms with Gasteiger partial charge in [0, 0.05) is 10.6 Å². The predicted octanol–water partition coefficient (Wildman–Crippen LogP) is 4.43. The summed E-state index contributed by atoms with van der Waals surface area (Å²) < 4.78 is 5.11. The number of hydrogen-bond acceptors (Lipinski definition) is 2. The molecule has 0 fully saturated rings. The van der Waals surface area contributed by atoms with Gasteiger partial charge in [-0.3, -0.25) is 4.79 Å². The molecular formula is C13H10Cl2O2. The maximum Gasteiger partial charge on any atom is 0.228 e. The minimum Gasteiger partial charge on any atom is -0.441 e. The van der Waals surface area contributed by atoms with Crippen LogP contribution in [0.15, 0.2) is 28.7 Å². The van der Waals surface area contributed by atoms with Gasteiger partial charge in [-0.05, 0) is 60.8 Å². The third-order valence-corrected chi connectivity index (χ3v) is 3.16. The van der Waals surface area contributed by atoms with Crippen molar-refractivity contribution in [2.75, 3.05) is 0 Å². The number of benzene rings is 1. The maximum atomic E-state index is 12.1. The fourth-order valence-electron chi connectivity index (χ4n) is 1.59. The average molecular weight is 269 g/mol. The van der Waals surface area contributed by atoms with Crippen LogP contribution in [-0.4, -0.2) is 5.78 Å². The average Bonchev–Trinajstić information content (AvgIpc) is 2.69. The van der Waals surface area contributed by atoms with E-state index in [1.807, 2.05) is 13.8 Å². The standard InChI is InChI=1S/C13H10Cl2O2/c1-7-6-10(14)8(2)5-9(7)13(16)11-3-4-12(15)17-11/h3-6H,1-2H3. The highest BCUT2D eigenvalue weighted by molar-refractivity contribution is 6.31. The van der Waals surface area contributed by atoms with E-state index in [0.29, 0.717) is 10.6 Å². The first-order chi connectivity index (χ1) is 7.99. The van der Waals surface area contributed by atoms with E-state index in [-0.39, 0.29) is 16.8 Å². The highest BCUT2D eigenvalue weighted by Gasteiger charge is 2.16. The second-order valence-electron chi connectivity index (χ2n) is 3.85. The van der Waals surface area contributed by atoms with Gasteiger partial charge in [0.2, 0.25) is 5.78 Å². The second-order valence-corrected chi connectivity index (χ2v) is 4.63. The lowest BCUT2D eigenvalue weighted by Crippen LogP contribution is -2.03. The van der Waals surface area contributed by atoms with Crippen LogP contribution in [0.3, 0.4) is 0 Å². The first-order valence-electron chi connectivity index (χ1n) is 5.06. The zero-order valence-corrected chi connectivity index (χ0v) is 10.9. The van der Waals surface area contributed by atoms with Crippen LogP contribution in [0.5, 0.6) is 0 Å². The zero-order chi connectivity index (χ0) is 12.6. The fourth-order valence-corrected chi connectivity index (χ4v) is 1.96. The molecule has 0 saturated heterocycles. The quantitative estimate of drug-likeness (QED) is 0.755. The number of furan rings is 1. The molecule has 0 saturated carbocycles. The summed E-state index contributed by atoms with van der Waals surface area (Å²) in [5, 5.41) is 0.855. The maximum absolute atomic E-state index is 12.1. The lowest BCUT2D eigenvalue weighted by atomic mass is 10.0. The Hall–Kier alpha value is -1.25. The number of carbonyl (C=O) groups is 1. The summed E-state index contributed by atoms with van der Waals surface area (Å²) in [5.41, 5.74) is 2.26. The molecular weight excluding hydrogens is 259 g/mol. The van der Waals surface area contributed by atoms with Crippen molar-refractivity contribution in [3.05, 3.63) is 57.0 Å². The molecule has 2 rings (SSSR count). The predicted molar refractivity (Wildman–Crippen MR) is 68.1 cm³/mol. The van der Waals surface area contributed by atoms with Gasteiger partial charge in [0.25, 0.3) is 0 Å². The molecule has 4 heteroatoms. The summed E-state index contributed by atoms with van der Waals surface area (Å²) in [4.78, 5) is 12.1. The Morgan fingerprint density at radius 2 is 1.82 bits per heavy atom. The van der Waals surface area contributed by atoms with E-state index in [1.54, 1.807) is 24.3 Å². The Kier molecular flexibility index (Phi) is 3.27. The topological polar surface area (TPSA) is 30.2 Å². The van der Waals surface area contributed by atoms with E-state index in [1.165, 1.54) is 0 Å². The van der Waals surface area contributed by atoms with E-state index < -0.39 is 0 Å². The lowest BCUT2D eigenvalue weighted by Gasteiger charge is -2.06. The highest BCUT2D eigenvalue weighted by Crippen LogP contribution is 2.24. The van der Waals surface area contributed by atoms with Crippen LogP contribution < -0.4 is 0 Å². The Bertz CT molecular complexity index is 585. The molecule has 2 nitrogen and oxygen atoms in total. The van der Waals surface area contributed by atoms with Gasteiger partial charge in [0.1, 0.15) is 0 Å². The largest absolute Gasteiger partial charge is 0.441 e. The molecule has 0 atom stereocenters. The smallest absolute Gasteiger partial charge is 0.228 e. The Morgan fingerprint density at radius 3 is 2.41 bits per heavy atom. The molecule has 0 aliphatic carbocycles. The molecule has 0 amide bonds. The molecule has 1 aromatic heterocycles. The minimum atomic E-state index is -0.186. The number of hydrogen-bond donors (Lipinski definition) is 0. The normalized spacial score (nSPS) is 10.6. The third-order valence-electron chi connectivity index (χ3n) is 2.55. The summed E-state index contributed by atoms with van der Waals surface area (Å²) in [7, 11) is 0. The molecule has 0 spiro atoms. The SMILES string of the molecule is Cc1cc(C(=O)c2ccc(Cl)o2)c(C)cc1Cl. The summed E-state index contributed by atoms with van der Waals surface area (Å²) in [6, 6.07) is 6.64. The molecule has 0 N–H and O–H groups in total. The van der Waals surface area contributed by atoms with Gasteiger partial charge in [-0.1, -0.05) is 11.6 Å². The molecule has 1 heterocycles. The van der Waals surface area contributed by atoms with Crippen LogP contribution in [-0.2, 0) is 0 Å². The van der Waals surface area contributed by atoms with Crippen LogP contribution in [0.1, 0.15) is 27.2 Å². The molecule has 0 aliphatic rings. The van der Waals surface area contributed by atoms with E-state index in [2.05, 4.69) is 0 Å². The van der Waals surface area contributed by atoms with E-state index in [0.717, 1.165) is 11.1 Å². The van der Waals surface area contributed by atoms with Gasteiger partial charge in [-0.25, -0.2) is 0 Å². The highest BCUT2D eigenvalue weighted by atomic mass is 35.5. The summed E-state index contributed by atoms with van der Waals surface area (Å²) >= 11 is 11.6. The first-order valence-corrected chi connectivity index (χ1v) is 5.81. The number of halogens is 2. The molecule has 88 valence electrons. The molecule has 0 bridgehead atoms. The second kappa shape index (κ2) is 4.55. The molecule has 1 aromatic carbocycles. The van der Waals surface area contributed by atoms with E-state index in [4.69, 9.17) is 27.6 Å². The van der Waals surface area contributed by atoms with Crippen LogP contribution in [0.2, 0.25) is 10.2 Å². The van der Waals surface area contributed by atoms with Crippen molar-refractivity contribution in [2.24, 2.45) is 0 Å². The zero-order valence-electron chi connectivity index (χ0n) is 9.38. The molecule has 17 heavy (non-hydrogen) atoms. The Balaban J connectivity index is 2.47. The van der Waals surface area contributed by atoms with Crippen molar-refractivity contribution in [2.45, 2.75) is 13.8 Å². The first kappa shape index (κ1) is 12.2. The van der Waals surface area contributed by atoms with E-state index >= 15 is 0 Å². The van der Waals surface area contributed by atoms with Gasteiger partial charge in [-0.15, -0.1) is 0 Å². The van der Waals surface area contributed by atoms with Crippen molar-refractivity contribution < 1.29 is 9.21 Å². The van der Waals surface area contributed by atoms with Crippen LogP contribution in [0, 0.1) is 13.8 Å². The molecule has 0 aliphatic heterocycles. The summed E-state index contributed by atoms with van der Waals surface area (Å²) in [6.07, 6.45) is 0. The van der Waals surface area contributed by atoms with Gasteiger partial charge in [0.05, 0.1) is 0 Å². The summed E-state index contributed by atoms with van der Waals surface area (Å²) in [6.45, 7) is 3.69. The van der Waals surface area contributed by atoms with Crippen molar-refractivity contribution >= 4 is 29.0 Å². The van der Waals surface area contributed by atoms with Crippen molar-refractivity contribution in [3.8, 4) is 0 Å². The van der Waals surface area contributed by atoms with Crippen molar-refractivity contribution in [3.63, 3.8) is 0 Å². The van der Waals surface area contributed by atoms with Crippen LogP contribution in [0.25, 0.3) is 0 Å². The molecule has 2 aromatic rings. The van der Waals surface area contributed by atoms with E-state index in [9.17, 15) is 4.79 Å². The molecule has 0 radical (unpaired) electrons. The van der Waals surface area contributed by atoms with Crippen molar-refractivity contribution in [1.82, 2.24) is 0 Å². The van der Waals surface area contributed by atoms with Gasteiger partial charge < -0.3 is 4.42 Å². The molecule has 0 unspecified atom stereocenters. The van der Waals surface area contributed by atoms with Crippen molar-refractivity contribution in [1.29, 1.82) is 0 Å². The minimum absolute atomic E-state index is 0.186. The number of carbonyl (C=O) groups excluding carboxylic acids is 1. The number of rotatable bonds is 2. The fraction of sp³-hybridized carbons (Fsp3) is 0.154. The monoisotopic (exact) mass is 268 g/mol. The van der Waals surface area contributed by atoms with Gasteiger partial charge in [-0.2, -0.15) is 0 Å². The van der Waals surface area contributed by atoms with Gasteiger partial charge in [0.15, 0.2) is 11.0 Å². The third kappa shape index (κ3) is 2.38.